The Balaban J connectivity index is 2.19. The van der Waals surface area contributed by atoms with Crippen molar-refractivity contribution >= 4 is 21.5 Å². The predicted molar refractivity (Wildman–Crippen MR) is 94.2 cm³/mol. The van der Waals surface area contributed by atoms with Crippen molar-refractivity contribution in [2.45, 2.75) is 20.0 Å². The van der Waals surface area contributed by atoms with Crippen LogP contribution in [-0.2, 0) is 0 Å². The molecule has 0 radical (unpaired) electrons. The third kappa shape index (κ3) is 2.72. The van der Waals surface area contributed by atoms with E-state index < -0.39 is 6.10 Å². The largest absolute Gasteiger partial charge is 0.387 e. The van der Waals surface area contributed by atoms with E-state index in [0.29, 0.717) is 6.54 Å². The van der Waals surface area contributed by atoms with Gasteiger partial charge in [-0.2, -0.15) is 0 Å². The fourth-order valence-corrected chi connectivity index (χ4v) is 3.23. The van der Waals surface area contributed by atoms with Gasteiger partial charge in [0.05, 0.1) is 6.10 Å². The highest BCUT2D eigenvalue weighted by atomic mass is 16.3. The number of nitrogens with zero attached hydrogens (tertiary/aromatic N) is 1. The number of benzene rings is 3. The van der Waals surface area contributed by atoms with Crippen LogP contribution in [0.5, 0.6) is 0 Å². The molecule has 3 rings (SSSR count). The Hall–Kier alpha value is -1.90. The van der Waals surface area contributed by atoms with E-state index >= 15 is 0 Å². The normalized spacial score (nSPS) is 13.1. The van der Waals surface area contributed by atoms with Gasteiger partial charge < -0.3 is 10.0 Å². The minimum atomic E-state index is -0.476. The Labute approximate surface area is 132 Å². The quantitative estimate of drug-likeness (QED) is 0.706. The lowest BCUT2D eigenvalue weighted by molar-refractivity contribution is 0.121. The molecular weight excluding hydrogens is 270 g/mol. The molecule has 114 valence electrons. The Kier molecular flexibility index (Phi) is 4.41. The molecule has 2 heteroatoms. The number of aliphatic hydroxyl groups excluding tert-OH is 1. The zero-order chi connectivity index (χ0) is 15.5. The summed E-state index contributed by atoms with van der Waals surface area (Å²) in [4.78, 5) is 2.27. The van der Waals surface area contributed by atoms with Crippen molar-refractivity contribution in [1.29, 1.82) is 0 Å². The van der Waals surface area contributed by atoms with Crippen LogP contribution in [0.3, 0.4) is 0 Å². The molecule has 0 aliphatic rings. The summed E-state index contributed by atoms with van der Waals surface area (Å²) >= 11 is 0. The van der Waals surface area contributed by atoms with Crippen LogP contribution < -0.4 is 0 Å². The summed E-state index contributed by atoms with van der Waals surface area (Å²) in [6.45, 7) is 6.85. The molecule has 1 atom stereocenters. The fraction of sp³-hybridized carbons (Fsp3) is 0.300. The number of rotatable bonds is 5. The minimum absolute atomic E-state index is 0.476. The van der Waals surface area contributed by atoms with Gasteiger partial charge in [0.1, 0.15) is 0 Å². The number of aliphatic hydroxyl groups is 1. The van der Waals surface area contributed by atoms with Gasteiger partial charge in [0.25, 0.3) is 0 Å². The monoisotopic (exact) mass is 293 g/mol. The first kappa shape index (κ1) is 15.0. The topological polar surface area (TPSA) is 23.5 Å². The van der Waals surface area contributed by atoms with E-state index in [1.807, 2.05) is 12.1 Å². The zero-order valence-electron chi connectivity index (χ0n) is 13.3. The summed E-state index contributed by atoms with van der Waals surface area (Å²) in [5.41, 5.74) is 1.06. The van der Waals surface area contributed by atoms with E-state index in [0.717, 1.165) is 29.4 Å². The number of hydrogen-bond acceptors (Lipinski definition) is 2. The van der Waals surface area contributed by atoms with Gasteiger partial charge in [-0.1, -0.05) is 62.4 Å². The molecule has 0 fully saturated rings. The standard InChI is InChI=1S/C20H23NO/c1-3-21(4-2)14-19(22)20-17-11-7-5-9-15(17)13-16-10-6-8-12-18(16)20/h5-13,19,22H,3-4,14H2,1-2H3/t19-/m1/s1. The van der Waals surface area contributed by atoms with Gasteiger partial charge in [-0.05, 0) is 46.3 Å². The molecule has 2 nitrogen and oxygen atoms in total. The maximum absolute atomic E-state index is 10.9. The summed E-state index contributed by atoms with van der Waals surface area (Å²) in [6, 6.07) is 18.9. The fourth-order valence-electron chi connectivity index (χ4n) is 3.23. The second kappa shape index (κ2) is 6.47. The Morgan fingerprint density at radius 1 is 0.864 bits per heavy atom. The van der Waals surface area contributed by atoms with Crippen LogP contribution in [0.2, 0.25) is 0 Å². The van der Waals surface area contributed by atoms with Crippen molar-refractivity contribution in [1.82, 2.24) is 4.90 Å². The van der Waals surface area contributed by atoms with Crippen LogP contribution in [0.1, 0.15) is 25.5 Å². The Morgan fingerprint density at radius 3 is 1.86 bits per heavy atom. The molecule has 0 saturated carbocycles. The third-order valence-corrected chi connectivity index (χ3v) is 4.47. The maximum atomic E-state index is 10.9. The number of fused-ring (bicyclic) bond motifs is 2. The van der Waals surface area contributed by atoms with Crippen molar-refractivity contribution in [2.75, 3.05) is 19.6 Å². The molecule has 0 bridgehead atoms. The maximum Gasteiger partial charge on any atom is 0.0928 e. The lowest BCUT2D eigenvalue weighted by atomic mass is 9.93. The SMILES string of the molecule is CCN(CC)C[C@@H](O)c1c2ccccc2cc2ccccc12. The van der Waals surface area contributed by atoms with Crippen LogP contribution in [0.15, 0.2) is 54.6 Å². The van der Waals surface area contributed by atoms with Crippen LogP contribution in [0.25, 0.3) is 21.5 Å². The summed E-state index contributed by atoms with van der Waals surface area (Å²) < 4.78 is 0. The van der Waals surface area contributed by atoms with Crippen molar-refractivity contribution in [3.63, 3.8) is 0 Å². The molecule has 0 aliphatic carbocycles. The van der Waals surface area contributed by atoms with E-state index in [-0.39, 0.29) is 0 Å². The first-order valence-electron chi connectivity index (χ1n) is 8.05. The molecule has 0 saturated heterocycles. The van der Waals surface area contributed by atoms with E-state index in [1.165, 1.54) is 10.8 Å². The lowest BCUT2D eigenvalue weighted by Crippen LogP contribution is -2.28. The van der Waals surface area contributed by atoms with Gasteiger partial charge in [-0.3, -0.25) is 0 Å². The molecule has 0 unspecified atom stereocenters. The second-order valence-corrected chi connectivity index (χ2v) is 5.73. The minimum Gasteiger partial charge on any atom is -0.387 e. The van der Waals surface area contributed by atoms with Gasteiger partial charge in [0, 0.05) is 6.54 Å². The van der Waals surface area contributed by atoms with Crippen LogP contribution >= 0.6 is 0 Å². The lowest BCUT2D eigenvalue weighted by Gasteiger charge is -2.24. The van der Waals surface area contributed by atoms with Gasteiger partial charge in [0.2, 0.25) is 0 Å². The highest BCUT2D eigenvalue weighted by Gasteiger charge is 2.17. The molecule has 3 aromatic rings. The van der Waals surface area contributed by atoms with Crippen molar-refractivity contribution in [3.05, 3.63) is 60.2 Å². The van der Waals surface area contributed by atoms with Crippen LogP contribution in [-0.4, -0.2) is 29.6 Å². The van der Waals surface area contributed by atoms with Crippen LogP contribution in [0.4, 0.5) is 0 Å². The molecule has 0 aliphatic heterocycles. The molecule has 0 amide bonds. The smallest absolute Gasteiger partial charge is 0.0928 e. The summed E-state index contributed by atoms with van der Waals surface area (Å²) in [5.74, 6) is 0. The number of hydrogen-bond donors (Lipinski definition) is 1. The highest BCUT2D eigenvalue weighted by molar-refractivity contribution is 6.02. The first-order chi connectivity index (χ1) is 10.7. The molecular formula is C20H23NO. The first-order valence-corrected chi connectivity index (χ1v) is 8.05. The molecule has 3 aromatic carbocycles. The van der Waals surface area contributed by atoms with Gasteiger partial charge in [0.15, 0.2) is 0 Å². The van der Waals surface area contributed by atoms with Crippen LogP contribution in [0, 0.1) is 0 Å². The predicted octanol–water partition coefficient (Wildman–Crippen LogP) is 4.37. The van der Waals surface area contributed by atoms with Crippen molar-refractivity contribution in [3.8, 4) is 0 Å². The molecule has 22 heavy (non-hydrogen) atoms. The Morgan fingerprint density at radius 2 is 1.36 bits per heavy atom. The van der Waals surface area contributed by atoms with Crippen molar-refractivity contribution < 1.29 is 5.11 Å². The van der Waals surface area contributed by atoms with Gasteiger partial charge >= 0.3 is 0 Å². The summed E-state index contributed by atoms with van der Waals surface area (Å²) in [6.07, 6.45) is -0.476. The average Bonchev–Trinajstić information content (AvgIpc) is 2.57. The molecule has 0 aromatic heterocycles. The molecule has 0 heterocycles. The van der Waals surface area contributed by atoms with E-state index in [1.54, 1.807) is 0 Å². The van der Waals surface area contributed by atoms with E-state index in [2.05, 4.69) is 61.2 Å². The zero-order valence-corrected chi connectivity index (χ0v) is 13.3. The van der Waals surface area contributed by atoms with Gasteiger partial charge in [-0.15, -0.1) is 0 Å². The third-order valence-electron chi connectivity index (χ3n) is 4.47. The second-order valence-electron chi connectivity index (χ2n) is 5.73. The van der Waals surface area contributed by atoms with Crippen molar-refractivity contribution in [2.24, 2.45) is 0 Å². The molecule has 1 N–H and O–H groups in total. The highest BCUT2D eigenvalue weighted by Crippen LogP contribution is 2.33. The number of likely N-dealkylation sites (N-methyl/N-ethyl adjacent to an activating group) is 1. The Bertz CT molecular complexity index is 723. The average molecular weight is 293 g/mol. The van der Waals surface area contributed by atoms with E-state index in [4.69, 9.17) is 0 Å². The summed E-state index contributed by atoms with van der Waals surface area (Å²) in [7, 11) is 0. The molecule has 0 spiro atoms. The summed E-state index contributed by atoms with van der Waals surface area (Å²) in [5, 5.41) is 15.6. The van der Waals surface area contributed by atoms with Gasteiger partial charge in [-0.25, -0.2) is 0 Å². The van der Waals surface area contributed by atoms with E-state index in [9.17, 15) is 5.11 Å².